The van der Waals surface area contributed by atoms with Crippen LogP contribution in [0.3, 0.4) is 0 Å². The lowest BCUT2D eigenvalue weighted by Crippen LogP contribution is -2.37. The third-order valence-corrected chi connectivity index (χ3v) is 3.65. The Kier molecular flexibility index (Phi) is 3.41. The summed E-state index contributed by atoms with van der Waals surface area (Å²) in [5.41, 5.74) is 1.56. The van der Waals surface area contributed by atoms with Crippen LogP contribution in [0.15, 0.2) is 0 Å². The van der Waals surface area contributed by atoms with E-state index in [1.54, 1.807) is 11.7 Å². The second-order valence-electron chi connectivity index (χ2n) is 4.40. The third-order valence-electron chi connectivity index (χ3n) is 3.16. The minimum Gasteiger partial charge on any atom is -0.300 e. The molecule has 2 heterocycles. The molecule has 2 amide bonds. The Morgan fingerprint density at radius 2 is 2.11 bits per heavy atom. The van der Waals surface area contributed by atoms with Crippen molar-refractivity contribution in [2.24, 2.45) is 7.05 Å². The fourth-order valence-corrected chi connectivity index (χ4v) is 2.23. The Labute approximate surface area is 110 Å². The summed E-state index contributed by atoms with van der Waals surface area (Å²) in [6, 6.07) is -0.464. The molecule has 2 rings (SSSR count). The number of rotatable bonds is 3. The smallest absolute Gasteiger partial charge is 0.246 e. The van der Waals surface area contributed by atoms with Gasteiger partial charge in [-0.25, -0.2) is 0 Å². The van der Waals surface area contributed by atoms with E-state index in [-0.39, 0.29) is 18.2 Å². The number of nitrogens with zero attached hydrogens (tertiary/aromatic N) is 3. The van der Waals surface area contributed by atoms with E-state index in [1.807, 2.05) is 6.92 Å². The van der Waals surface area contributed by atoms with Crippen molar-refractivity contribution in [1.29, 1.82) is 0 Å². The van der Waals surface area contributed by atoms with Gasteiger partial charge in [-0.3, -0.25) is 24.5 Å². The number of likely N-dealkylation sites (N-methyl/N-ethyl adjacent to an activating group) is 1. The number of aromatic nitrogens is 2. The van der Waals surface area contributed by atoms with E-state index in [1.165, 1.54) is 7.05 Å². The number of carbonyl (C=O) groups is 2. The molecule has 0 radical (unpaired) electrons. The molecule has 98 valence electrons. The zero-order valence-corrected chi connectivity index (χ0v) is 11.3. The first-order valence-electron chi connectivity index (χ1n) is 5.63. The summed E-state index contributed by atoms with van der Waals surface area (Å²) < 4.78 is 1.68. The number of carbonyl (C=O) groups excluding carboxylic acids is 2. The summed E-state index contributed by atoms with van der Waals surface area (Å²) in [6.07, 6.45) is 0.198. The molecule has 0 aliphatic carbocycles. The van der Waals surface area contributed by atoms with Gasteiger partial charge in [0.25, 0.3) is 0 Å². The molecule has 0 saturated carbocycles. The van der Waals surface area contributed by atoms with Crippen LogP contribution in [0.1, 0.15) is 17.8 Å². The van der Waals surface area contributed by atoms with Gasteiger partial charge in [0.05, 0.1) is 28.9 Å². The Balaban J connectivity index is 2.05. The standard InChI is InChI=1S/C11H15ClN4O2/c1-6-10(12)8(16(3)14-6)5-13-7-4-9(17)15(2)11(7)18/h7,13H,4-5H2,1-3H3. The lowest BCUT2D eigenvalue weighted by molar-refractivity contribution is -0.137. The van der Waals surface area contributed by atoms with Gasteiger partial charge in [0.1, 0.15) is 0 Å². The zero-order valence-electron chi connectivity index (χ0n) is 10.5. The Morgan fingerprint density at radius 3 is 2.56 bits per heavy atom. The monoisotopic (exact) mass is 270 g/mol. The first kappa shape index (κ1) is 13.0. The van der Waals surface area contributed by atoms with Gasteiger partial charge in [-0.1, -0.05) is 11.6 Å². The van der Waals surface area contributed by atoms with Gasteiger partial charge >= 0.3 is 0 Å². The Hall–Kier alpha value is -1.40. The van der Waals surface area contributed by atoms with Gasteiger partial charge in [0, 0.05) is 20.6 Å². The predicted molar refractivity (Wildman–Crippen MR) is 66.0 cm³/mol. The highest BCUT2D eigenvalue weighted by Gasteiger charge is 2.35. The van der Waals surface area contributed by atoms with Crippen molar-refractivity contribution in [3.63, 3.8) is 0 Å². The van der Waals surface area contributed by atoms with E-state index >= 15 is 0 Å². The average molecular weight is 271 g/mol. The highest BCUT2D eigenvalue weighted by molar-refractivity contribution is 6.31. The van der Waals surface area contributed by atoms with Crippen molar-refractivity contribution in [3.05, 3.63) is 16.4 Å². The molecule has 1 aromatic heterocycles. The van der Waals surface area contributed by atoms with Crippen molar-refractivity contribution >= 4 is 23.4 Å². The van der Waals surface area contributed by atoms with Crippen LogP contribution in [0.25, 0.3) is 0 Å². The molecule has 7 heteroatoms. The number of hydrogen-bond donors (Lipinski definition) is 1. The molecule has 1 fully saturated rings. The topological polar surface area (TPSA) is 67.2 Å². The number of amides is 2. The highest BCUT2D eigenvalue weighted by Crippen LogP contribution is 2.20. The zero-order chi connectivity index (χ0) is 13.4. The summed E-state index contributed by atoms with van der Waals surface area (Å²) in [6.45, 7) is 2.23. The van der Waals surface area contributed by atoms with Crippen LogP contribution in [0.2, 0.25) is 5.02 Å². The van der Waals surface area contributed by atoms with Crippen LogP contribution in [0, 0.1) is 6.92 Å². The molecule has 6 nitrogen and oxygen atoms in total. The van der Waals surface area contributed by atoms with E-state index in [9.17, 15) is 9.59 Å². The van der Waals surface area contributed by atoms with Crippen molar-refractivity contribution in [1.82, 2.24) is 20.0 Å². The molecule has 1 atom stereocenters. The first-order chi connectivity index (χ1) is 8.41. The fourth-order valence-electron chi connectivity index (χ4n) is 2.01. The maximum Gasteiger partial charge on any atom is 0.246 e. The van der Waals surface area contributed by atoms with Gasteiger partial charge in [-0.15, -0.1) is 0 Å². The summed E-state index contributed by atoms with van der Waals surface area (Å²) in [4.78, 5) is 24.2. The third kappa shape index (κ3) is 2.13. The van der Waals surface area contributed by atoms with E-state index in [0.29, 0.717) is 11.6 Å². The molecule has 1 N–H and O–H groups in total. The maximum absolute atomic E-state index is 11.7. The normalized spacial score (nSPS) is 20.0. The van der Waals surface area contributed by atoms with E-state index < -0.39 is 6.04 Å². The molecular weight excluding hydrogens is 256 g/mol. The van der Waals surface area contributed by atoms with Crippen molar-refractivity contribution in [3.8, 4) is 0 Å². The molecule has 1 aromatic rings. The second-order valence-corrected chi connectivity index (χ2v) is 4.78. The average Bonchev–Trinajstić information content (AvgIpc) is 2.70. The fraction of sp³-hybridized carbons (Fsp3) is 0.545. The van der Waals surface area contributed by atoms with E-state index in [4.69, 9.17) is 11.6 Å². The molecule has 18 heavy (non-hydrogen) atoms. The predicted octanol–water partition coefficient (Wildman–Crippen LogP) is 0.229. The first-order valence-corrected chi connectivity index (χ1v) is 6.01. The Morgan fingerprint density at radius 1 is 1.44 bits per heavy atom. The molecule has 0 spiro atoms. The van der Waals surface area contributed by atoms with Crippen LogP contribution in [0.4, 0.5) is 0 Å². The highest BCUT2D eigenvalue weighted by atomic mass is 35.5. The molecule has 1 unspecified atom stereocenters. The summed E-state index contributed by atoms with van der Waals surface area (Å²) in [5, 5.41) is 7.83. The van der Waals surface area contributed by atoms with Crippen molar-refractivity contribution in [2.75, 3.05) is 7.05 Å². The van der Waals surface area contributed by atoms with Crippen LogP contribution in [-0.4, -0.2) is 39.6 Å². The molecule has 1 aliphatic heterocycles. The van der Waals surface area contributed by atoms with Crippen LogP contribution < -0.4 is 5.32 Å². The van der Waals surface area contributed by atoms with Gasteiger partial charge in [-0.05, 0) is 6.92 Å². The Bertz CT molecular complexity index is 511. The summed E-state index contributed by atoms with van der Waals surface area (Å²) >= 11 is 6.11. The quantitative estimate of drug-likeness (QED) is 0.799. The van der Waals surface area contributed by atoms with Crippen molar-refractivity contribution in [2.45, 2.75) is 25.9 Å². The van der Waals surface area contributed by atoms with Crippen LogP contribution in [0.5, 0.6) is 0 Å². The number of hydrogen-bond acceptors (Lipinski definition) is 4. The van der Waals surface area contributed by atoms with Gasteiger partial charge in [0.15, 0.2) is 0 Å². The number of likely N-dealkylation sites (tertiary alicyclic amines) is 1. The lowest BCUT2D eigenvalue weighted by atomic mass is 10.2. The largest absolute Gasteiger partial charge is 0.300 e. The van der Waals surface area contributed by atoms with Gasteiger partial charge < -0.3 is 0 Å². The number of halogens is 1. The molecule has 1 saturated heterocycles. The van der Waals surface area contributed by atoms with E-state index in [0.717, 1.165) is 16.3 Å². The molecule has 0 aromatic carbocycles. The van der Waals surface area contributed by atoms with E-state index in [2.05, 4.69) is 10.4 Å². The lowest BCUT2D eigenvalue weighted by Gasteiger charge is -2.11. The van der Waals surface area contributed by atoms with Gasteiger partial charge in [0.2, 0.25) is 11.8 Å². The minimum absolute atomic E-state index is 0.162. The molecule has 0 bridgehead atoms. The maximum atomic E-state index is 11.7. The SMILES string of the molecule is Cc1nn(C)c(CNC2CC(=O)N(C)C2=O)c1Cl. The summed E-state index contributed by atoms with van der Waals surface area (Å²) in [5.74, 6) is -0.361. The van der Waals surface area contributed by atoms with Gasteiger partial charge in [-0.2, -0.15) is 5.10 Å². The number of imide groups is 1. The molecule has 1 aliphatic rings. The summed E-state index contributed by atoms with van der Waals surface area (Å²) in [7, 11) is 3.29. The number of aryl methyl sites for hydroxylation is 2. The minimum atomic E-state index is -0.464. The van der Waals surface area contributed by atoms with Crippen molar-refractivity contribution < 1.29 is 9.59 Å². The van der Waals surface area contributed by atoms with Crippen LogP contribution >= 0.6 is 11.6 Å². The van der Waals surface area contributed by atoms with Crippen LogP contribution in [-0.2, 0) is 23.2 Å². The molecular formula is C11H15ClN4O2. The second kappa shape index (κ2) is 4.70. The number of nitrogens with one attached hydrogen (secondary N) is 1.